The molecular formula is C22H23N3O4S. The molecule has 0 radical (unpaired) electrons. The van der Waals surface area contributed by atoms with Gasteiger partial charge in [0.05, 0.1) is 41.0 Å². The van der Waals surface area contributed by atoms with Crippen molar-refractivity contribution in [2.24, 2.45) is 5.92 Å². The Bertz CT molecular complexity index is 1060. The van der Waals surface area contributed by atoms with Crippen LogP contribution in [0.1, 0.15) is 47.1 Å². The Labute approximate surface area is 178 Å². The second kappa shape index (κ2) is 8.79. The Kier molecular flexibility index (Phi) is 5.94. The molecule has 7 nitrogen and oxygen atoms in total. The number of hydrogen-bond donors (Lipinski definition) is 1. The van der Waals surface area contributed by atoms with Crippen LogP contribution in [0.25, 0.3) is 10.2 Å². The van der Waals surface area contributed by atoms with Crippen molar-refractivity contribution < 1.29 is 19.1 Å². The number of carbonyl (C=O) groups is 2. The summed E-state index contributed by atoms with van der Waals surface area (Å²) < 4.78 is 11.3. The molecule has 0 unspecified atom stereocenters. The number of esters is 1. The highest BCUT2D eigenvalue weighted by Crippen LogP contribution is 2.41. The highest BCUT2D eigenvalue weighted by molar-refractivity contribution is 7.18. The number of rotatable bonds is 5. The van der Waals surface area contributed by atoms with Crippen molar-refractivity contribution in [3.05, 3.63) is 47.2 Å². The lowest BCUT2D eigenvalue weighted by atomic mass is 9.82. The number of aromatic nitrogens is 2. The Morgan fingerprint density at radius 3 is 2.60 bits per heavy atom. The van der Waals surface area contributed by atoms with Crippen molar-refractivity contribution in [2.45, 2.75) is 31.6 Å². The maximum atomic E-state index is 12.5. The highest BCUT2D eigenvalue weighted by Gasteiger charge is 2.29. The van der Waals surface area contributed by atoms with Crippen molar-refractivity contribution in [3.8, 4) is 5.75 Å². The second-order valence-corrected chi connectivity index (χ2v) is 8.38. The van der Waals surface area contributed by atoms with Gasteiger partial charge in [-0.25, -0.2) is 4.98 Å². The minimum atomic E-state index is -0.292. The molecule has 0 aliphatic heterocycles. The van der Waals surface area contributed by atoms with Crippen molar-refractivity contribution in [1.82, 2.24) is 9.97 Å². The molecule has 30 heavy (non-hydrogen) atoms. The molecular weight excluding hydrogens is 402 g/mol. The number of carbonyl (C=O) groups excluding carboxylic acids is 2. The van der Waals surface area contributed by atoms with Gasteiger partial charge in [0.15, 0.2) is 0 Å². The molecule has 1 fully saturated rings. The third kappa shape index (κ3) is 4.14. The second-order valence-electron chi connectivity index (χ2n) is 7.31. The number of fused-ring (bicyclic) bond motifs is 1. The van der Waals surface area contributed by atoms with Crippen LogP contribution in [0.5, 0.6) is 5.75 Å². The predicted octanol–water partition coefficient (Wildman–Crippen LogP) is 4.40. The normalized spacial score (nSPS) is 18.7. The monoisotopic (exact) mass is 425 g/mol. The molecule has 1 aliphatic rings. The van der Waals surface area contributed by atoms with E-state index in [4.69, 9.17) is 14.5 Å². The van der Waals surface area contributed by atoms with Gasteiger partial charge in [0, 0.05) is 18.2 Å². The summed E-state index contributed by atoms with van der Waals surface area (Å²) in [5, 5.41) is 3.94. The molecule has 8 heteroatoms. The van der Waals surface area contributed by atoms with Gasteiger partial charge in [0.1, 0.15) is 11.4 Å². The summed E-state index contributed by atoms with van der Waals surface area (Å²) >= 11 is 1.63. The number of thiazole rings is 1. The molecule has 4 rings (SSSR count). The maximum absolute atomic E-state index is 12.5. The van der Waals surface area contributed by atoms with Gasteiger partial charge in [-0.05, 0) is 43.9 Å². The average Bonchev–Trinajstić information content (AvgIpc) is 3.21. The van der Waals surface area contributed by atoms with E-state index in [0.29, 0.717) is 23.0 Å². The fraction of sp³-hybridized carbons (Fsp3) is 0.364. The summed E-state index contributed by atoms with van der Waals surface area (Å²) in [6.45, 7) is 0. The summed E-state index contributed by atoms with van der Waals surface area (Å²) in [4.78, 5) is 33.2. The number of amides is 1. The quantitative estimate of drug-likeness (QED) is 0.610. The number of ether oxygens (including phenoxy) is 2. The van der Waals surface area contributed by atoms with Crippen LogP contribution in [0, 0.1) is 5.92 Å². The molecule has 0 spiro atoms. The molecule has 1 saturated carbocycles. The lowest BCUT2D eigenvalue weighted by Gasteiger charge is -2.25. The van der Waals surface area contributed by atoms with Crippen LogP contribution in [-0.2, 0) is 9.53 Å². The number of methoxy groups -OCH3 is 2. The van der Waals surface area contributed by atoms with Gasteiger partial charge in [-0.2, -0.15) is 0 Å². The van der Waals surface area contributed by atoms with Crippen LogP contribution >= 0.6 is 11.3 Å². The van der Waals surface area contributed by atoms with E-state index < -0.39 is 0 Å². The fourth-order valence-corrected chi connectivity index (χ4v) is 5.00. The van der Waals surface area contributed by atoms with E-state index in [-0.39, 0.29) is 17.8 Å². The lowest BCUT2D eigenvalue weighted by molar-refractivity contribution is -0.146. The number of benzene rings is 1. The largest absolute Gasteiger partial charge is 0.494 e. The number of nitrogens with one attached hydrogen (secondary N) is 1. The summed E-state index contributed by atoms with van der Waals surface area (Å²) in [5.74, 6) is 0.475. The molecule has 1 N–H and O–H groups in total. The molecule has 1 aliphatic carbocycles. The highest BCUT2D eigenvalue weighted by atomic mass is 32.1. The van der Waals surface area contributed by atoms with E-state index in [0.717, 1.165) is 40.9 Å². The number of nitrogens with zero attached hydrogens (tertiary/aromatic N) is 2. The van der Waals surface area contributed by atoms with Crippen LogP contribution in [0.4, 0.5) is 5.69 Å². The molecule has 0 bridgehead atoms. The van der Waals surface area contributed by atoms with Gasteiger partial charge in [0.2, 0.25) is 0 Å². The van der Waals surface area contributed by atoms with Crippen molar-refractivity contribution in [1.29, 1.82) is 0 Å². The molecule has 1 aromatic carbocycles. The smallest absolute Gasteiger partial charge is 0.308 e. The zero-order chi connectivity index (χ0) is 21.1. The zero-order valence-corrected chi connectivity index (χ0v) is 17.7. The van der Waals surface area contributed by atoms with Crippen LogP contribution in [0.15, 0.2) is 36.5 Å². The Balaban J connectivity index is 1.55. The predicted molar refractivity (Wildman–Crippen MR) is 115 cm³/mol. The third-order valence-electron chi connectivity index (χ3n) is 5.48. The van der Waals surface area contributed by atoms with E-state index in [1.54, 1.807) is 42.8 Å². The van der Waals surface area contributed by atoms with E-state index >= 15 is 0 Å². The van der Waals surface area contributed by atoms with E-state index in [9.17, 15) is 9.59 Å². The Morgan fingerprint density at radius 1 is 1.13 bits per heavy atom. The van der Waals surface area contributed by atoms with Gasteiger partial charge in [-0.15, -0.1) is 11.3 Å². The van der Waals surface area contributed by atoms with Crippen LogP contribution < -0.4 is 10.1 Å². The first-order chi connectivity index (χ1) is 14.6. The molecule has 2 aromatic heterocycles. The number of hydrogen-bond acceptors (Lipinski definition) is 7. The van der Waals surface area contributed by atoms with Crippen LogP contribution in [-0.4, -0.2) is 36.1 Å². The first-order valence-corrected chi connectivity index (χ1v) is 10.7. The molecule has 3 aromatic rings. The van der Waals surface area contributed by atoms with Gasteiger partial charge in [0.25, 0.3) is 5.91 Å². The Morgan fingerprint density at radius 2 is 1.93 bits per heavy atom. The Hall–Kier alpha value is -3.00. The van der Waals surface area contributed by atoms with E-state index in [1.165, 1.54) is 7.11 Å². The van der Waals surface area contributed by atoms with Crippen LogP contribution in [0.3, 0.4) is 0 Å². The lowest BCUT2D eigenvalue weighted by Crippen LogP contribution is -2.22. The summed E-state index contributed by atoms with van der Waals surface area (Å²) in [7, 11) is 3.01. The maximum Gasteiger partial charge on any atom is 0.308 e. The first kappa shape index (κ1) is 20.3. The topological polar surface area (TPSA) is 90.4 Å². The standard InChI is InChI=1S/C22H23N3O4S/c1-28-18-11-17-19(12-16(18)24-20(26)15-5-3-4-10-23-15)30-21(25-17)13-6-8-14(9-7-13)22(27)29-2/h3-5,10-14H,6-9H2,1-2H3,(H,24,26)/t13-,14-. The van der Waals surface area contributed by atoms with Gasteiger partial charge in [-0.3, -0.25) is 14.6 Å². The van der Waals surface area contributed by atoms with Crippen molar-refractivity contribution in [2.75, 3.05) is 19.5 Å². The summed E-state index contributed by atoms with van der Waals surface area (Å²) in [6.07, 6.45) is 5.06. The zero-order valence-electron chi connectivity index (χ0n) is 16.9. The SMILES string of the molecule is COc1cc2nc([C@H]3CC[C@H](C(=O)OC)CC3)sc2cc1NC(=O)c1ccccn1. The van der Waals surface area contributed by atoms with Crippen molar-refractivity contribution >= 4 is 39.1 Å². The molecule has 0 saturated heterocycles. The van der Waals surface area contributed by atoms with E-state index in [2.05, 4.69) is 10.3 Å². The molecule has 2 heterocycles. The minimum absolute atomic E-state index is 0.00543. The number of anilines is 1. The van der Waals surface area contributed by atoms with Gasteiger partial charge >= 0.3 is 5.97 Å². The van der Waals surface area contributed by atoms with Crippen molar-refractivity contribution in [3.63, 3.8) is 0 Å². The number of pyridine rings is 1. The average molecular weight is 426 g/mol. The molecule has 1 amide bonds. The molecule has 0 atom stereocenters. The minimum Gasteiger partial charge on any atom is -0.494 e. The van der Waals surface area contributed by atoms with Gasteiger partial charge < -0.3 is 14.8 Å². The van der Waals surface area contributed by atoms with Crippen LogP contribution in [0.2, 0.25) is 0 Å². The first-order valence-electron chi connectivity index (χ1n) is 9.87. The fourth-order valence-electron chi connectivity index (χ4n) is 3.84. The summed E-state index contributed by atoms with van der Waals surface area (Å²) in [6, 6.07) is 8.95. The van der Waals surface area contributed by atoms with E-state index in [1.807, 2.05) is 12.1 Å². The van der Waals surface area contributed by atoms with Gasteiger partial charge in [-0.1, -0.05) is 6.07 Å². The molecule has 156 valence electrons. The summed E-state index contributed by atoms with van der Waals surface area (Å²) in [5.41, 5.74) is 1.77. The third-order valence-corrected chi connectivity index (χ3v) is 6.66.